The van der Waals surface area contributed by atoms with Crippen molar-refractivity contribution in [2.75, 3.05) is 0 Å². The van der Waals surface area contributed by atoms with Gasteiger partial charge in [0.2, 0.25) is 0 Å². The average Bonchev–Trinajstić information content (AvgIpc) is 3.05. The molecule has 198 valence electrons. The summed E-state index contributed by atoms with van der Waals surface area (Å²) in [7, 11) is 0. The summed E-state index contributed by atoms with van der Waals surface area (Å²) < 4.78 is 39.6. The third-order valence-electron chi connectivity index (χ3n) is 12.3. The number of alkyl halides is 3. The Morgan fingerprint density at radius 1 is 0.882 bits per heavy atom. The lowest BCUT2D eigenvalue weighted by molar-refractivity contribution is -0.256. The molecule has 0 radical (unpaired) electrons. The van der Waals surface area contributed by atoms with Crippen LogP contribution >= 0.6 is 0 Å². The lowest BCUT2D eigenvalue weighted by Gasteiger charge is -2.59. The summed E-state index contributed by atoms with van der Waals surface area (Å²) in [6.07, 6.45) is 8.01. The molecule has 4 aliphatic rings. The minimum Gasteiger partial charge on any atom is -0.390 e. The second-order valence-electron chi connectivity index (χ2n) is 13.8. The molecule has 34 heavy (non-hydrogen) atoms. The highest BCUT2D eigenvalue weighted by atomic mass is 19.4. The van der Waals surface area contributed by atoms with E-state index >= 15 is 0 Å². The lowest BCUT2D eigenvalue weighted by atomic mass is 9.46. The van der Waals surface area contributed by atoms with Crippen LogP contribution in [-0.4, -0.2) is 27.6 Å². The first-order chi connectivity index (χ1) is 15.7. The van der Waals surface area contributed by atoms with E-state index in [9.17, 15) is 23.4 Å². The summed E-state index contributed by atoms with van der Waals surface area (Å²) in [5, 5.41) is 21.0. The van der Waals surface area contributed by atoms with E-state index in [2.05, 4.69) is 27.7 Å². The lowest BCUT2D eigenvalue weighted by Crippen LogP contribution is -2.52. The van der Waals surface area contributed by atoms with Gasteiger partial charge in [0, 0.05) is 0 Å². The molecule has 0 unspecified atom stereocenters. The summed E-state index contributed by atoms with van der Waals surface area (Å²) in [6.45, 7) is 10.2. The first-order valence-electron chi connectivity index (χ1n) is 14.2. The molecule has 0 heterocycles. The van der Waals surface area contributed by atoms with Crippen molar-refractivity contribution in [1.29, 1.82) is 0 Å². The molecule has 0 saturated heterocycles. The largest absolute Gasteiger partial charge is 0.416 e. The van der Waals surface area contributed by atoms with Gasteiger partial charge in [0.15, 0.2) is 5.60 Å². The summed E-state index contributed by atoms with van der Waals surface area (Å²) in [4.78, 5) is 0. The fourth-order valence-electron chi connectivity index (χ4n) is 9.65. The Bertz CT molecular complexity index is 735. The van der Waals surface area contributed by atoms with E-state index in [-0.39, 0.29) is 17.8 Å². The summed E-state index contributed by atoms with van der Waals surface area (Å²) in [6, 6.07) is 0. The number of hydrogen-bond donors (Lipinski definition) is 2. The highest BCUT2D eigenvalue weighted by molar-refractivity contribution is 5.10. The van der Waals surface area contributed by atoms with Crippen LogP contribution in [0.15, 0.2) is 0 Å². The molecule has 4 aliphatic carbocycles. The van der Waals surface area contributed by atoms with Crippen molar-refractivity contribution in [2.45, 2.75) is 135 Å². The van der Waals surface area contributed by atoms with Crippen molar-refractivity contribution in [3.8, 4) is 0 Å². The zero-order valence-corrected chi connectivity index (χ0v) is 22.2. The Labute approximate surface area is 205 Å². The highest BCUT2D eigenvalue weighted by Gasteiger charge is 2.60. The van der Waals surface area contributed by atoms with Crippen LogP contribution in [0.4, 0.5) is 13.2 Å². The van der Waals surface area contributed by atoms with Crippen LogP contribution in [-0.2, 0) is 0 Å². The van der Waals surface area contributed by atoms with E-state index in [4.69, 9.17) is 0 Å². The maximum Gasteiger partial charge on any atom is 0.416 e. The topological polar surface area (TPSA) is 40.5 Å². The maximum atomic E-state index is 13.2. The van der Waals surface area contributed by atoms with Gasteiger partial charge in [-0.2, -0.15) is 13.2 Å². The predicted molar refractivity (Wildman–Crippen MR) is 130 cm³/mol. The zero-order chi connectivity index (χ0) is 25.2. The molecular weight excluding hydrogens is 437 g/mol. The Kier molecular flexibility index (Phi) is 7.02. The molecule has 0 bridgehead atoms. The second kappa shape index (κ2) is 8.92. The number of rotatable bonds is 5. The molecule has 2 nitrogen and oxygen atoms in total. The first kappa shape index (κ1) is 26.8. The molecule has 0 spiro atoms. The van der Waals surface area contributed by atoms with Crippen LogP contribution in [0.3, 0.4) is 0 Å². The second-order valence-corrected chi connectivity index (χ2v) is 13.8. The Balaban J connectivity index is 1.47. The van der Waals surface area contributed by atoms with Crippen LogP contribution in [0.25, 0.3) is 0 Å². The van der Waals surface area contributed by atoms with E-state index in [0.29, 0.717) is 23.7 Å². The normalized spacial score (nSPS) is 47.6. The average molecular weight is 487 g/mol. The van der Waals surface area contributed by atoms with Gasteiger partial charge in [-0.3, -0.25) is 0 Å². The van der Waals surface area contributed by atoms with E-state index in [1.165, 1.54) is 32.1 Å². The van der Waals surface area contributed by atoms with Crippen molar-refractivity contribution >= 4 is 0 Å². The molecule has 10 atom stereocenters. The molecule has 5 heteroatoms. The van der Waals surface area contributed by atoms with Crippen LogP contribution in [0.2, 0.25) is 0 Å². The summed E-state index contributed by atoms with van der Waals surface area (Å²) >= 11 is 0. The fraction of sp³-hybridized carbons (Fsp3) is 1.00. The van der Waals surface area contributed by atoms with Gasteiger partial charge in [-0.15, -0.1) is 0 Å². The van der Waals surface area contributed by atoms with Gasteiger partial charge >= 0.3 is 6.18 Å². The van der Waals surface area contributed by atoms with Gasteiger partial charge in [-0.1, -0.05) is 27.7 Å². The summed E-state index contributed by atoms with van der Waals surface area (Å²) in [5.74, 6) is 3.50. The smallest absolute Gasteiger partial charge is 0.390 e. The number of halogens is 3. The third-order valence-corrected chi connectivity index (χ3v) is 12.3. The molecule has 0 aromatic rings. The van der Waals surface area contributed by atoms with Crippen LogP contribution in [0, 0.1) is 46.3 Å². The molecule has 4 fully saturated rings. The van der Waals surface area contributed by atoms with E-state index in [0.717, 1.165) is 63.2 Å². The Morgan fingerprint density at radius 3 is 2.21 bits per heavy atom. The number of hydrogen-bond acceptors (Lipinski definition) is 2. The highest BCUT2D eigenvalue weighted by Crippen LogP contribution is 2.68. The van der Waals surface area contributed by atoms with Crippen molar-refractivity contribution in [2.24, 2.45) is 46.3 Å². The van der Waals surface area contributed by atoms with Crippen LogP contribution in [0.5, 0.6) is 0 Å². The summed E-state index contributed by atoms with van der Waals surface area (Å²) in [5.41, 5.74) is -2.54. The van der Waals surface area contributed by atoms with Gasteiger partial charge in [-0.25, -0.2) is 0 Å². The molecule has 4 rings (SSSR count). The van der Waals surface area contributed by atoms with Gasteiger partial charge in [0.1, 0.15) is 0 Å². The predicted octanol–water partition coefficient (Wildman–Crippen LogP) is 7.91. The maximum absolute atomic E-state index is 13.2. The standard InChI is InChI=1S/C29H49F3O2/c1-6-28(34)16-12-20-7-8-21-23-10-9-22(19(2)11-15-27(5,33)29(30,31)32)26(23,4)14-13-24(21)25(20,3)17-18-28/h19-24,33-34H,6-18H2,1-5H3/t19-,20+,21+,22-,23+,24+,25+,26-,27-,28+/m1/s1. The van der Waals surface area contributed by atoms with E-state index < -0.39 is 17.4 Å². The van der Waals surface area contributed by atoms with Gasteiger partial charge < -0.3 is 10.2 Å². The van der Waals surface area contributed by atoms with Crippen LogP contribution < -0.4 is 0 Å². The fourth-order valence-corrected chi connectivity index (χ4v) is 9.65. The quantitative estimate of drug-likeness (QED) is 0.414. The van der Waals surface area contributed by atoms with Gasteiger partial charge in [0.05, 0.1) is 5.60 Å². The zero-order valence-electron chi connectivity index (χ0n) is 22.2. The van der Waals surface area contributed by atoms with E-state index in [1.807, 2.05) is 0 Å². The molecular formula is C29H49F3O2. The Hall–Kier alpha value is -0.290. The van der Waals surface area contributed by atoms with E-state index in [1.54, 1.807) is 0 Å². The van der Waals surface area contributed by atoms with Gasteiger partial charge in [-0.05, 0) is 137 Å². The van der Waals surface area contributed by atoms with Crippen molar-refractivity contribution in [1.82, 2.24) is 0 Å². The Morgan fingerprint density at radius 2 is 1.56 bits per heavy atom. The van der Waals surface area contributed by atoms with Crippen molar-refractivity contribution in [3.05, 3.63) is 0 Å². The molecule has 0 amide bonds. The first-order valence-corrected chi connectivity index (χ1v) is 14.2. The van der Waals surface area contributed by atoms with Crippen molar-refractivity contribution in [3.63, 3.8) is 0 Å². The van der Waals surface area contributed by atoms with Crippen LogP contribution in [0.1, 0.15) is 118 Å². The molecule has 4 saturated carbocycles. The minimum atomic E-state index is -4.57. The monoisotopic (exact) mass is 486 g/mol. The van der Waals surface area contributed by atoms with Crippen molar-refractivity contribution < 1.29 is 23.4 Å². The SMILES string of the molecule is CC[C@]1(O)CC[C@@H]2CC[C@@H]3[C@H](CC[C@]4(C)[C@@H]([C@H](C)CC[C@@](C)(O)C(F)(F)F)CC[C@@H]34)[C@@]2(C)CC1. The van der Waals surface area contributed by atoms with Gasteiger partial charge in [0.25, 0.3) is 0 Å². The molecule has 2 N–H and O–H groups in total. The number of fused-ring (bicyclic) bond motifs is 5. The molecule has 0 aromatic carbocycles. The number of aliphatic hydroxyl groups is 2. The third kappa shape index (κ3) is 4.37. The minimum absolute atomic E-state index is 0.199. The molecule has 0 aliphatic heterocycles. The molecule has 0 aromatic heterocycles.